The molecule has 23 heavy (non-hydrogen) atoms. The van der Waals surface area contributed by atoms with Crippen LogP contribution in [0, 0.1) is 0 Å². The van der Waals surface area contributed by atoms with Crippen LogP contribution in [0.2, 0.25) is 0 Å². The van der Waals surface area contributed by atoms with Gasteiger partial charge in [0.1, 0.15) is 13.1 Å². The van der Waals surface area contributed by atoms with Crippen LogP contribution in [-0.4, -0.2) is 46.8 Å². The van der Waals surface area contributed by atoms with E-state index in [0.29, 0.717) is 17.9 Å². The lowest BCUT2D eigenvalue weighted by Gasteiger charge is -2.12. The van der Waals surface area contributed by atoms with E-state index < -0.39 is 36.8 Å². The van der Waals surface area contributed by atoms with E-state index >= 15 is 0 Å². The number of nitrogens with zero attached hydrogens (tertiary/aromatic N) is 1. The van der Waals surface area contributed by atoms with Crippen molar-refractivity contribution in [1.82, 2.24) is 10.2 Å². The minimum atomic E-state index is -1.22. The standard InChI is InChI=1S/C12H6Br4N2O5/c13-7-5-6(8(14)10(16)9(7)15)12(23)18(11(5)22)2-3(19)17-1-4(20)21/h1-2H2,(H,17,19)(H,20,21). The Kier molecular flexibility index (Phi) is 5.64. The molecule has 0 radical (unpaired) electrons. The summed E-state index contributed by atoms with van der Waals surface area (Å²) in [5.74, 6) is -3.25. The smallest absolute Gasteiger partial charge is 0.322 e. The molecule has 11 heteroatoms. The molecule has 1 aromatic rings. The minimum absolute atomic E-state index is 0.128. The number of carboxylic acid groups (broad SMARTS) is 1. The second kappa shape index (κ2) is 6.99. The van der Waals surface area contributed by atoms with Crippen molar-refractivity contribution in [3.05, 3.63) is 29.0 Å². The first-order valence-electron chi connectivity index (χ1n) is 5.87. The lowest BCUT2D eigenvalue weighted by atomic mass is 10.1. The number of carbonyl (C=O) groups excluding carboxylic acids is 3. The van der Waals surface area contributed by atoms with Gasteiger partial charge in [-0.2, -0.15) is 0 Å². The summed E-state index contributed by atoms with van der Waals surface area (Å²) in [6.45, 7) is -1.15. The summed E-state index contributed by atoms with van der Waals surface area (Å²) in [4.78, 5) is 47.8. The van der Waals surface area contributed by atoms with E-state index in [4.69, 9.17) is 5.11 Å². The van der Waals surface area contributed by atoms with E-state index in [-0.39, 0.29) is 11.1 Å². The van der Waals surface area contributed by atoms with Crippen molar-refractivity contribution in [2.45, 2.75) is 0 Å². The van der Waals surface area contributed by atoms with Gasteiger partial charge in [-0.05, 0) is 63.7 Å². The van der Waals surface area contributed by atoms with Crippen LogP contribution in [0.3, 0.4) is 0 Å². The summed E-state index contributed by atoms with van der Waals surface area (Å²) in [5, 5.41) is 10.6. The van der Waals surface area contributed by atoms with Gasteiger partial charge >= 0.3 is 5.97 Å². The van der Waals surface area contributed by atoms with Crippen molar-refractivity contribution >= 4 is 87.4 Å². The first kappa shape index (κ1) is 18.6. The Morgan fingerprint density at radius 1 is 0.913 bits per heavy atom. The van der Waals surface area contributed by atoms with Gasteiger partial charge in [-0.3, -0.25) is 24.1 Å². The quantitative estimate of drug-likeness (QED) is 0.325. The van der Waals surface area contributed by atoms with Crippen LogP contribution < -0.4 is 5.32 Å². The van der Waals surface area contributed by atoms with E-state index in [1.54, 1.807) is 0 Å². The molecule has 1 heterocycles. The molecule has 2 rings (SSSR count). The maximum atomic E-state index is 12.4. The van der Waals surface area contributed by atoms with Crippen molar-refractivity contribution in [2.75, 3.05) is 13.1 Å². The zero-order chi connectivity index (χ0) is 17.5. The number of fused-ring (bicyclic) bond motifs is 1. The number of rotatable bonds is 4. The summed E-state index contributed by atoms with van der Waals surface area (Å²) in [6, 6.07) is 0. The van der Waals surface area contributed by atoms with Gasteiger partial charge in [0.2, 0.25) is 5.91 Å². The van der Waals surface area contributed by atoms with Crippen molar-refractivity contribution in [2.24, 2.45) is 0 Å². The van der Waals surface area contributed by atoms with Gasteiger partial charge in [0, 0.05) is 17.9 Å². The Labute approximate surface area is 163 Å². The molecule has 0 aliphatic carbocycles. The van der Waals surface area contributed by atoms with Crippen LogP contribution in [0.4, 0.5) is 0 Å². The molecule has 0 bridgehead atoms. The van der Waals surface area contributed by atoms with Crippen molar-refractivity contribution in [3.8, 4) is 0 Å². The minimum Gasteiger partial charge on any atom is -0.480 e. The Morgan fingerprint density at radius 3 is 1.74 bits per heavy atom. The Bertz CT molecular complexity index is 718. The molecular weight excluding hydrogens is 572 g/mol. The number of nitrogens with one attached hydrogen (secondary N) is 1. The van der Waals surface area contributed by atoms with Gasteiger partial charge in [-0.1, -0.05) is 0 Å². The molecule has 7 nitrogen and oxygen atoms in total. The molecule has 0 fully saturated rings. The molecule has 0 aromatic heterocycles. The summed E-state index contributed by atoms with van der Waals surface area (Å²) < 4.78 is 1.85. The van der Waals surface area contributed by atoms with Gasteiger partial charge in [0.25, 0.3) is 11.8 Å². The molecule has 1 aliphatic rings. The first-order chi connectivity index (χ1) is 10.7. The second-order valence-electron chi connectivity index (χ2n) is 4.37. The molecule has 1 aromatic carbocycles. The normalized spacial score (nSPS) is 13.3. The highest BCUT2D eigenvalue weighted by molar-refractivity contribution is 9.15. The molecule has 2 N–H and O–H groups in total. The number of benzene rings is 1. The zero-order valence-corrected chi connectivity index (χ0v) is 17.3. The molecular formula is C12H6Br4N2O5. The lowest BCUT2D eigenvalue weighted by Crippen LogP contribution is -2.41. The van der Waals surface area contributed by atoms with Crippen LogP contribution in [0.15, 0.2) is 17.9 Å². The number of hydrogen-bond acceptors (Lipinski definition) is 4. The number of halogens is 4. The molecule has 1 aliphatic heterocycles. The monoisotopic (exact) mass is 574 g/mol. The summed E-state index contributed by atoms with van der Waals surface area (Å²) in [7, 11) is 0. The topological polar surface area (TPSA) is 104 Å². The Hall–Kier alpha value is -0.780. The average Bonchev–Trinajstić information content (AvgIpc) is 2.73. The predicted octanol–water partition coefficient (Wildman–Crippen LogP) is 2.53. The summed E-state index contributed by atoms with van der Waals surface area (Å²) in [6.07, 6.45) is 0. The molecule has 122 valence electrons. The van der Waals surface area contributed by atoms with Crippen molar-refractivity contribution < 1.29 is 24.3 Å². The van der Waals surface area contributed by atoms with Gasteiger partial charge in [-0.15, -0.1) is 0 Å². The van der Waals surface area contributed by atoms with Gasteiger partial charge in [0.15, 0.2) is 0 Å². The molecule has 0 atom stereocenters. The number of hydrogen-bond donors (Lipinski definition) is 2. The van der Waals surface area contributed by atoms with Gasteiger partial charge in [0.05, 0.1) is 11.1 Å². The number of imide groups is 1. The molecule has 0 saturated carbocycles. The average molecular weight is 578 g/mol. The Balaban J connectivity index is 2.35. The van der Waals surface area contributed by atoms with Gasteiger partial charge in [-0.25, -0.2) is 0 Å². The zero-order valence-electron chi connectivity index (χ0n) is 11.0. The molecule has 0 unspecified atom stereocenters. The van der Waals surface area contributed by atoms with E-state index in [1.165, 1.54) is 0 Å². The highest BCUT2D eigenvalue weighted by atomic mass is 79.9. The lowest BCUT2D eigenvalue weighted by molar-refractivity contribution is -0.137. The van der Waals surface area contributed by atoms with Gasteiger partial charge < -0.3 is 10.4 Å². The molecule has 0 saturated heterocycles. The molecule has 3 amide bonds. The fourth-order valence-corrected chi connectivity index (χ4v) is 4.37. The number of carboxylic acids is 1. The van der Waals surface area contributed by atoms with Crippen LogP contribution in [-0.2, 0) is 9.59 Å². The third-order valence-electron chi connectivity index (χ3n) is 2.92. The maximum Gasteiger partial charge on any atom is 0.322 e. The van der Waals surface area contributed by atoms with Crippen LogP contribution in [0.25, 0.3) is 0 Å². The fourth-order valence-electron chi connectivity index (χ4n) is 1.91. The van der Waals surface area contributed by atoms with E-state index in [9.17, 15) is 19.2 Å². The predicted molar refractivity (Wildman–Crippen MR) is 93.3 cm³/mol. The maximum absolute atomic E-state index is 12.4. The third-order valence-corrected chi connectivity index (χ3v) is 7.69. The van der Waals surface area contributed by atoms with Crippen molar-refractivity contribution in [3.63, 3.8) is 0 Å². The third kappa shape index (κ3) is 3.37. The highest BCUT2D eigenvalue weighted by Gasteiger charge is 2.41. The highest BCUT2D eigenvalue weighted by Crippen LogP contribution is 2.45. The molecule has 0 spiro atoms. The van der Waals surface area contributed by atoms with Crippen LogP contribution in [0.1, 0.15) is 20.7 Å². The number of amides is 3. The first-order valence-corrected chi connectivity index (χ1v) is 9.04. The van der Waals surface area contributed by atoms with E-state index in [0.717, 1.165) is 4.90 Å². The van der Waals surface area contributed by atoms with E-state index in [2.05, 4.69) is 69.0 Å². The summed E-state index contributed by atoms with van der Waals surface area (Å²) in [5.41, 5.74) is 0.256. The van der Waals surface area contributed by atoms with Crippen molar-refractivity contribution in [1.29, 1.82) is 0 Å². The van der Waals surface area contributed by atoms with E-state index in [1.807, 2.05) is 0 Å². The Morgan fingerprint density at radius 2 is 1.35 bits per heavy atom. The largest absolute Gasteiger partial charge is 0.480 e. The second-order valence-corrected chi connectivity index (χ2v) is 7.54. The number of carbonyl (C=O) groups is 4. The van der Waals surface area contributed by atoms with Crippen LogP contribution in [0.5, 0.6) is 0 Å². The SMILES string of the molecule is O=C(O)CNC(=O)CN1C(=O)c2c(Br)c(Br)c(Br)c(Br)c2C1=O. The summed E-state index contributed by atoms with van der Waals surface area (Å²) >= 11 is 13.1. The fraction of sp³-hybridized carbons (Fsp3) is 0.167. The number of aliphatic carboxylic acids is 1. The van der Waals surface area contributed by atoms with Crippen LogP contribution >= 0.6 is 63.7 Å².